The molecule has 2 N–H and O–H groups in total. The third kappa shape index (κ3) is 5.84. The molecule has 0 bridgehead atoms. The molecule has 5 heteroatoms. The molecule has 0 aromatic heterocycles. The fourth-order valence-electron chi connectivity index (χ4n) is 3.14. The van der Waals surface area contributed by atoms with Crippen molar-refractivity contribution < 1.29 is 9.53 Å². The molecule has 1 aromatic rings. The number of carbonyl (C=O) groups is 1. The maximum absolute atomic E-state index is 12.3. The average molecular weight is 319 g/mol. The Morgan fingerprint density at radius 2 is 2.17 bits per heavy atom. The zero-order chi connectivity index (χ0) is 16.5. The molecule has 128 valence electrons. The minimum atomic E-state index is -0.215. The van der Waals surface area contributed by atoms with Crippen LogP contribution >= 0.6 is 0 Å². The zero-order valence-corrected chi connectivity index (χ0v) is 14.1. The van der Waals surface area contributed by atoms with Crippen molar-refractivity contribution in [1.29, 1.82) is 0 Å². The van der Waals surface area contributed by atoms with Gasteiger partial charge in [0.2, 0.25) is 0 Å². The van der Waals surface area contributed by atoms with Crippen LogP contribution in [0.15, 0.2) is 30.3 Å². The minimum absolute atomic E-state index is 0.215. The Balaban J connectivity index is 1.80. The number of likely N-dealkylation sites (tertiary alicyclic amines) is 1. The molecule has 0 aliphatic carbocycles. The molecule has 1 heterocycles. The zero-order valence-electron chi connectivity index (χ0n) is 14.1. The Labute approximate surface area is 139 Å². The number of hydrogen-bond donors (Lipinski definition) is 1. The van der Waals surface area contributed by atoms with Gasteiger partial charge in [-0.05, 0) is 37.8 Å². The van der Waals surface area contributed by atoms with Crippen LogP contribution in [0.25, 0.3) is 0 Å². The van der Waals surface area contributed by atoms with Gasteiger partial charge in [0.05, 0.1) is 0 Å². The van der Waals surface area contributed by atoms with Crippen LogP contribution in [0.4, 0.5) is 4.79 Å². The fraction of sp³-hybridized carbons (Fsp3) is 0.611. The highest BCUT2D eigenvalue weighted by Crippen LogP contribution is 2.18. The highest BCUT2D eigenvalue weighted by molar-refractivity contribution is 5.67. The van der Waals surface area contributed by atoms with Crippen LogP contribution in [0, 0.1) is 5.92 Å². The Morgan fingerprint density at radius 3 is 2.87 bits per heavy atom. The standard InChI is InChI=1S/C18H29N3O2/c1-2-21(14-17-9-6-11-20(13-17)12-10-19)18(22)23-15-16-7-4-3-5-8-16/h3-5,7-8,17H,2,6,9-15,19H2,1H3/t17-/m1/s1. The van der Waals surface area contributed by atoms with Gasteiger partial charge in [0.15, 0.2) is 0 Å². The average Bonchev–Trinajstić information content (AvgIpc) is 2.59. The molecule has 0 radical (unpaired) electrons. The lowest BCUT2D eigenvalue weighted by Gasteiger charge is -2.35. The lowest BCUT2D eigenvalue weighted by molar-refractivity contribution is 0.0814. The third-order valence-electron chi connectivity index (χ3n) is 4.37. The van der Waals surface area contributed by atoms with Gasteiger partial charge in [0, 0.05) is 32.7 Å². The van der Waals surface area contributed by atoms with Crippen molar-refractivity contribution in [1.82, 2.24) is 9.80 Å². The van der Waals surface area contributed by atoms with Crippen molar-refractivity contribution in [3.63, 3.8) is 0 Å². The Kier molecular flexibility index (Phi) is 7.36. The number of ether oxygens (including phenoxy) is 1. The number of carbonyl (C=O) groups excluding carboxylic acids is 1. The summed E-state index contributed by atoms with van der Waals surface area (Å²) in [4.78, 5) is 16.5. The first-order valence-electron chi connectivity index (χ1n) is 8.61. The van der Waals surface area contributed by atoms with E-state index >= 15 is 0 Å². The molecule has 5 nitrogen and oxygen atoms in total. The Hall–Kier alpha value is -1.59. The first kappa shape index (κ1) is 17.8. The van der Waals surface area contributed by atoms with E-state index < -0.39 is 0 Å². The van der Waals surface area contributed by atoms with Crippen molar-refractivity contribution in [3.05, 3.63) is 35.9 Å². The van der Waals surface area contributed by atoms with Gasteiger partial charge in [-0.25, -0.2) is 4.79 Å². The van der Waals surface area contributed by atoms with E-state index in [1.54, 1.807) is 0 Å². The summed E-state index contributed by atoms with van der Waals surface area (Å²) < 4.78 is 5.45. The summed E-state index contributed by atoms with van der Waals surface area (Å²) in [5.74, 6) is 0.513. The molecule has 1 atom stereocenters. The largest absolute Gasteiger partial charge is 0.445 e. The first-order valence-corrected chi connectivity index (χ1v) is 8.61. The Morgan fingerprint density at radius 1 is 1.39 bits per heavy atom. The van der Waals surface area contributed by atoms with Crippen LogP contribution in [0.3, 0.4) is 0 Å². The minimum Gasteiger partial charge on any atom is -0.445 e. The van der Waals surface area contributed by atoms with Crippen molar-refractivity contribution in [3.8, 4) is 0 Å². The molecule has 23 heavy (non-hydrogen) atoms. The van der Waals surface area contributed by atoms with E-state index in [0.717, 1.165) is 31.7 Å². The first-order chi connectivity index (χ1) is 11.2. The number of amides is 1. The Bertz CT molecular complexity index is 465. The number of nitrogens with zero attached hydrogens (tertiary/aromatic N) is 2. The summed E-state index contributed by atoms with van der Waals surface area (Å²) in [6.45, 7) is 7.58. The molecule has 1 aliphatic rings. The van der Waals surface area contributed by atoms with Gasteiger partial charge in [-0.15, -0.1) is 0 Å². The van der Waals surface area contributed by atoms with E-state index in [2.05, 4.69) is 4.90 Å². The van der Waals surface area contributed by atoms with Gasteiger partial charge >= 0.3 is 6.09 Å². The number of nitrogens with two attached hydrogens (primary N) is 1. The molecular weight excluding hydrogens is 290 g/mol. The highest BCUT2D eigenvalue weighted by Gasteiger charge is 2.24. The van der Waals surface area contributed by atoms with Crippen molar-refractivity contribution >= 4 is 6.09 Å². The van der Waals surface area contributed by atoms with Gasteiger partial charge in [-0.3, -0.25) is 0 Å². The number of benzene rings is 1. The van der Waals surface area contributed by atoms with Gasteiger partial charge in [0.25, 0.3) is 0 Å². The maximum Gasteiger partial charge on any atom is 0.410 e. The summed E-state index contributed by atoms with van der Waals surface area (Å²) in [5, 5.41) is 0. The van der Waals surface area contributed by atoms with Crippen LogP contribution in [0.1, 0.15) is 25.3 Å². The molecule has 1 saturated heterocycles. The summed E-state index contributed by atoms with van der Waals surface area (Å²) in [6.07, 6.45) is 2.14. The third-order valence-corrected chi connectivity index (χ3v) is 4.37. The number of piperidine rings is 1. The summed E-state index contributed by atoms with van der Waals surface area (Å²) >= 11 is 0. The second kappa shape index (κ2) is 9.53. The van der Waals surface area contributed by atoms with Crippen LogP contribution in [0.5, 0.6) is 0 Å². The van der Waals surface area contributed by atoms with Gasteiger partial charge < -0.3 is 20.3 Å². The van der Waals surface area contributed by atoms with Crippen LogP contribution in [-0.2, 0) is 11.3 Å². The van der Waals surface area contributed by atoms with E-state index in [1.165, 1.54) is 12.8 Å². The number of rotatable bonds is 7. The van der Waals surface area contributed by atoms with E-state index in [0.29, 0.717) is 25.6 Å². The molecule has 1 aromatic carbocycles. The summed E-state index contributed by atoms with van der Waals surface area (Å²) in [5.41, 5.74) is 6.67. The van der Waals surface area contributed by atoms with Crippen molar-refractivity contribution in [2.24, 2.45) is 11.7 Å². The second-order valence-electron chi connectivity index (χ2n) is 6.18. The molecule has 2 rings (SSSR count). The quantitative estimate of drug-likeness (QED) is 0.838. The molecule has 1 amide bonds. The molecule has 0 spiro atoms. The van der Waals surface area contributed by atoms with E-state index in [4.69, 9.17) is 10.5 Å². The SMILES string of the molecule is CCN(C[C@@H]1CCCN(CCN)C1)C(=O)OCc1ccccc1. The lowest BCUT2D eigenvalue weighted by Crippen LogP contribution is -2.44. The van der Waals surface area contributed by atoms with Gasteiger partial charge in [-0.1, -0.05) is 30.3 Å². The second-order valence-corrected chi connectivity index (χ2v) is 6.18. The molecule has 1 fully saturated rings. The van der Waals surface area contributed by atoms with E-state index in [-0.39, 0.29) is 6.09 Å². The van der Waals surface area contributed by atoms with Crippen LogP contribution in [0.2, 0.25) is 0 Å². The predicted octanol–water partition coefficient (Wildman–Crippen LogP) is 2.32. The van der Waals surface area contributed by atoms with Gasteiger partial charge in [0.1, 0.15) is 6.61 Å². The summed E-state index contributed by atoms with van der Waals surface area (Å²) in [6, 6.07) is 9.80. The molecule has 1 aliphatic heterocycles. The highest BCUT2D eigenvalue weighted by atomic mass is 16.6. The van der Waals surface area contributed by atoms with Crippen molar-refractivity contribution in [2.45, 2.75) is 26.4 Å². The molecule has 0 saturated carbocycles. The normalized spacial score (nSPS) is 18.6. The predicted molar refractivity (Wildman–Crippen MR) is 92.1 cm³/mol. The van der Waals surface area contributed by atoms with Gasteiger partial charge in [-0.2, -0.15) is 0 Å². The number of hydrogen-bond acceptors (Lipinski definition) is 4. The smallest absolute Gasteiger partial charge is 0.410 e. The van der Waals surface area contributed by atoms with Crippen LogP contribution in [-0.4, -0.2) is 55.2 Å². The molecular formula is C18H29N3O2. The topological polar surface area (TPSA) is 58.8 Å². The lowest BCUT2D eigenvalue weighted by atomic mass is 9.97. The maximum atomic E-state index is 12.3. The molecule has 0 unspecified atom stereocenters. The van der Waals surface area contributed by atoms with Crippen LogP contribution < -0.4 is 5.73 Å². The monoisotopic (exact) mass is 319 g/mol. The van der Waals surface area contributed by atoms with E-state index in [9.17, 15) is 4.79 Å². The summed E-state index contributed by atoms with van der Waals surface area (Å²) in [7, 11) is 0. The van der Waals surface area contributed by atoms with E-state index in [1.807, 2.05) is 42.2 Å². The van der Waals surface area contributed by atoms with Crippen molar-refractivity contribution in [2.75, 3.05) is 39.3 Å². The fourth-order valence-corrected chi connectivity index (χ4v) is 3.14.